The molecule has 1 amide bonds. The van der Waals surface area contributed by atoms with Crippen molar-refractivity contribution in [3.63, 3.8) is 0 Å². The minimum atomic E-state index is -3.15. The molecule has 1 aromatic rings. The smallest absolute Gasteiger partial charge is 0.223 e. The second-order valence-corrected chi connectivity index (χ2v) is 8.45. The van der Waals surface area contributed by atoms with E-state index in [1.807, 2.05) is 38.1 Å². The molecule has 0 radical (unpaired) electrons. The number of sulfonamides is 1. The van der Waals surface area contributed by atoms with Crippen molar-refractivity contribution < 1.29 is 17.9 Å². The topological polar surface area (TPSA) is 75.7 Å². The molecule has 0 saturated carbocycles. The molecule has 1 fully saturated rings. The number of carbonyl (C=O) groups excluding carboxylic acids is 1. The summed E-state index contributed by atoms with van der Waals surface area (Å²) in [5.41, 5.74) is 1.01. The normalized spacial score (nSPS) is 17.0. The molecule has 0 spiro atoms. The van der Waals surface area contributed by atoms with E-state index in [2.05, 4.69) is 5.32 Å². The zero-order chi connectivity index (χ0) is 17.7. The Morgan fingerprint density at radius 3 is 2.33 bits per heavy atom. The van der Waals surface area contributed by atoms with Crippen LogP contribution in [-0.4, -0.2) is 44.1 Å². The van der Waals surface area contributed by atoms with Crippen molar-refractivity contribution in [2.75, 3.05) is 19.3 Å². The van der Waals surface area contributed by atoms with E-state index < -0.39 is 10.0 Å². The van der Waals surface area contributed by atoms with Crippen LogP contribution in [0.25, 0.3) is 0 Å². The Morgan fingerprint density at radius 1 is 1.25 bits per heavy atom. The molecule has 0 aliphatic carbocycles. The molecule has 1 aromatic carbocycles. The van der Waals surface area contributed by atoms with Crippen molar-refractivity contribution in [1.29, 1.82) is 0 Å². The zero-order valence-electron chi connectivity index (χ0n) is 14.5. The number of hydrogen-bond acceptors (Lipinski definition) is 4. The molecular weight excluding hydrogens is 328 g/mol. The molecule has 1 aliphatic heterocycles. The zero-order valence-corrected chi connectivity index (χ0v) is 15.3. The van der Waals surface area contributed by atoms with Crippen LogP contribution in [0.4, 0.5) is 0 Å². The molecule has 0 bridgehead atoms. The number of nitrogens with zero attached hydrogens (tertiary/aromatic N) is 1. The summed E-state index contributed by atoms with van der Waals surface area (Å²) in [6, 6.07) is 7.66. The quantitative estimate of drug-likeness (QED) is 0.845. The van der Waals surface area contributed by atoms with Crippen molar-refractivity contribution in [2.45, 2.75) is 39.3 Å². The van der Waals surface area contributed by atoms with Gasteiger partial charge in [-0.05, 0) is 44.4 Å². The second kappa shape index (κ2) is 7.98. The fourth-order valence-electron chi connectivity index (χ4n) is 2.74. The number of benzene rings is 1. The van der Waals surface area contributed by atoms with Gasteiger partial charge in [0, 0.05) is 25.6 Å². The molecule has 7 heteroatoms. The maximum absolute atomic E-state index is 12.2. The van der Waals surface area contributed by atoms with Gasteiger partial charge in [-0.3, -0.25) is 4.79 Å². The molecule has 1 N–H and O–H groups in total. The second-order valence-electron chi connectivity index (χ2n) is 6.46. The van der Waals surface area contributed by atoms with E-state index in [0.29, 0.717) is 32.5 Å². The first kappa shape index (κ1) is 18.7. The number of piperidine rings is 1. The van der Waals surface area contributed by atoms with E-state index in [9.17, 15) is 13.2 Å². The molecule has 1 heterocycles. The van der Waals surface area contributed by atoms with Crippen LogP contribution in [0.15, 0.2) is 24.3 Å². The molecule has 24 heavy (non-hydrogen) atoms. The number of hydrogen-bond donors (Lipinski definition) is 1. The van der Waals surface area contributed by atoms with Crippen molar-refractivity contribution in [3.05, 3.63) is 29.8 Å². The summed E-state index contributed by atoms with van der Waals surface area (Å²) in [5, 5.41) is 2.93. The molecule has 2 rings (SSSR count). The minimum absolute atomic E-state index is 0.00865. The SMILES string of the molecule is CC(C)Oc1ccc(CNC(=O)C2CCN(S(C)(=O)=O)CC2)cc1. The van der Waals surface area contributed by atoms with E-state index in [-0.39, 0.29) is 17.9 Å². The Hall–Kier alpha value is -1.60. The highest BCUT2D eigenvalue weighted by atomic mass is 32.2. The summed E-state index contributed by atoms with van der Waals surface area (Å²) in [5.74, 6) is 0.686. The van der Waals surface area contributed by atoms with Gasteiger partial charge in [-0.2, -0.15) is 0 Å². The van der Waals surface area contributed by atoms with E-state index in [4.69, 9.17) is 4.74 Å². The summed E-state index contributed by atoms with van der Waals surface area (Å²) in [6.45, 7) is 5.25. The van der Waals surface area contributed by atoms with Crippen LogP contribution in [0.2, 0.25) is 0 Å². The first-order chi connectivity index (χ1) is 11.3. The van der Waals surface area contributed by atoms with Crippen LogP contribution < -0.4 is 10.1 Å². The number of ether oxygens (including phenoxy) is 1. The minimum Gasteiger partial charge on any atom is -0.491 e. The van der Waals surface area contributed by atoms with Gasteiger partial charge in [0.2, 0.25) is 15.9 Å². The molecule has 134 valence electrons. The molecule has 6 nitrogen and oxygen atoms in total. The first-order valence-corrected chi connectivity index (χ1v) is 10.1. The van der Waals surface area contributed by atoms with Crippen molar-refractivity contribution >= 4 is 15.9 Å². The fraction of sp³-hybridized carbons (Fsp3) is 0.588. The van der Waals surface area contributed by atoms with E-state index in [1.54, 1.807) is 0 Å². The summed E-state index contributed by atoms with van der Waals surface area (Å²) in [7, 11) is -3.15. The Labute approximate surface area is 144 Å². The van der Waals surface area contributed by atoms with Gasteiger partial charge in [0.05, 0.1) is 12.4 Å². The van der Waals surface area contributed by atoms with E-state index in [1.165, 1.54) is 10.6 Å². The highest BCUT2D eigenvalue weighted by Crippen LogP contribution is 2.19. The number of nitrogens with one attached hydrogen (secondary N) is 1. The van der Waals surface area contributed by atoms with Gasteiger partial charge in [0.15, 0.2) is 0 Å². The number of amides is 1. The highest BCUT2D eigenvalue weighted by Gasteiger charge is 2.28. The standard InChI is InChI=1S/C17H26N2O4S/c1-13(2)23-16-6-4-14(5-7-16)12-18-17(20)15-8-10-19(11-9-15)24(3,21)22/h4-7,13,15H,8-12H2,1-3H3,(H,18,20). The number of rotatable bonds is 6. The van der Waals surface area contributed by atoms with Crippen molar-refractivity contribution in [1.82, 2.24) is 9.62 Å². The van der Waals surface area contributed by atoms with Gasteiger partial charge in [-0.25, -0.2) is 12.7 Å². The summed E-state index contributed by atoms with van der Waals surface area (Å²) in [4.78, 5) is 12.2. The third kappa shape index (κ3) is 5.49. The van der Waals surface area contributed by atoms with Gasteiger partial charge < -0.3 is 10.1 Å². The molecule has 1 saturated heterocycles. The predicted octanol–water partition coefficient (Wildman–Crippen LogP) is 1.76. The summed E-state index contributed by atoms with van der Waals surface area (Å²) >= 11 is 0. The van der Waals surface area contributed by atoms with Gasteiger partial charge in [-0.1, -0.05) is 12.1 Å². The Balaban J connectivity index is 1.79. The van der Waals surface area contributed by atoms with Crippen LogP contribution in [-0.2, 0) is 21.4 Å². The van der Waals surface area contributed by atoms with Crippen LogP contribution in [0, 0.1) is 5.92 Å². The lowest BCUT2D eigenvalue weighted by Gasteiger charge is -2.29. The van der Waals surface area contributed by atoms with Crippen molar-refractivity contribution in [2.24, 2.45) is 5.92 Å². The summed E-state index contributed by atoms with van der Waals surface area (Å²) < 4.78 is 30.0. The molecule has 0 atom stereocenters. The Bertz CT molecular complexity index is 648. The van der Waals surface area contributed by atoms with Gasteiger partial charge >= 0.3 is 0 Å². The molecular formula is C17H26N2O4S. The van der Waals surface area contributed by atoms with Crippen LogP contribution in [0.1, 0.15) is 32.3 Å². The maximum Gasteiger partial charge on any atom is 0.223 e. The largest absolute Gasteiger partial charge is 0.491 e. The first-order valence-electron chi connectivity index (χ1n) is 8.24. The average molecular weight is 354 g/mol. The number of carbonyl (C=O) groups is 1. The third-order valence-corrected chi connectivity index (χ3v) is 5.36. The van der Waals surface area contributed by atoms with Crippen LogP contribution in [0.5, 0.6) is 5.75 Å². The third-order valence-electron chi connectivity index (χ3n) is 4.06. The summed E-state index contributed by atoms with van der Waals surface area (Å²) in [6.07, 6.45) is 2.48. The Morgan fingerprint density at radius 2 is 1.83 bits per heavy atom. The van der Waals surface area contributed by atoms with E-state index in [0.717, 1.165) is 11.3 Å². The lowest BCUT2D eigenvalue weighted by molar-refractivity contribution is -0.126. The molecule has 0 aromatic heterocycles. The van der Waals surface area contributed by atoms with E-state index >= 15 is 0 Å². The fourth-order valence-corrected chi connectivity index (χ4v) is 3.62. The highest BCUT2D eigenvalue weighted by molar-refractivity contribution is 7.88. The van der Waals surface area contributed by atoms with Gasteiger partial charge in [0.1, 0.15) is 5.75 Å². The van der Waals surface area contributed by atoms with Crippen LogP contribution >= 0.6 is 0 Å². The Kier molecular flexibility index (Phi) is 6.23. The maximum atomic E-state index is 12.2. The molecule has 0 unspecified atom stereocenters. The van der Waals surface area contributed by atoms with Crippen LogP contribution in [0.3, 0.4) is 0 Å². The van der Waals surface area contributed by atoms with Gasteiger partial charge in [0.25, 0.3) is 0 Å². The lowest BCUT2D eigenvalue weighted by Crippen LogP contribution is -2.42. The van der Waals surface area contributed by atoms with Gasteiger partial charge in [-0.15, -0.1) is 0 Å². The predicted molar refractivity (Wildman–Crippen MR) is 93.2 cm³/mol. The van der Waals surface area contributed by atoms with Crippen molar-refractivity contribution in [3.8, 4) is 5.75 Å². The molecule has 1 aliphatic rings. The average Bonchev–Trinajstić information content (AvgIpc) is 2.52. The monoisotopic (exact) mass is 354 g/mol. The lowest BCUT2D eigenvalue weighted by atomic mass is 9.97.